The van der Waals surface area contributed by atoms with Gasteiger partial charge in [0, 0.05) is 29.6 Å². The number of hydrogen-bond donors (Lipinski definition) is 1. The number of pyridine rings is 1. The predicted molar refractivity (Wildman–Crippen MR) is 77.1 cm³/mol. The molecule has 2 rings (SSSR count). The Bertz CT molecular complexity index is 636. The zero-order valence-corrected chi connectivity index (χ0v) is 12.1. The Hall–Kier alpha value is -2.19. The highest BCUT2D eigenvalue weighted by Crippen LogP contribution is 2.15. The molecular weight excluding hydrogens is 250 g/mol. The minimum atomic E-state index is 0.466. The highest BCUT2D eigenvalue weighted by molar-refractivity contribution is 5.32. The molecule has 0 radical (unpaired) electrons. The van der Waals surface area contributed by atoms with Crippen LogP contribution in [0.4, 0.5) is 0 Å². The summed E-state index contributed by atoms with van der Waals surface area (Å²) in [6.45, 7) is 8.51. The Morgan fingerprint density at radius 3 is 2.90 bits per heavy atom. The molecule has 0 unspecified atom stereocenters. The van der Waals surface area contributed by atoms with Crippen LogP contribution in [0.15, 0.2) is 18.3 Å². The Balaban J connectivity index is 2.28. The summed E-state index contributed by atoms with van der Waals surface area (Å²) in [6.07, 6.45) is 1.64. The van der Waals surface area contributed by atoms with Crippen molar-refractivity contribution in [1.29, 1.82) is 5.26 Å². The first-order chi connectivity index (χ1) is 9.67. The summed E-state index contributed by atoms with van der Waals surface area (Å²) in [7, 11) is 0. The molecule has 0 aliphatic carbocycles. The van der Waals surface area contributed by atoms with E-state index in [2.05, 4.69) is 35.3 Å². The normalized spacial score (nSPS) is 10.5. The van der Waals surface area contributed by atoms with E-state index < -0.39 is 0 Å². The molecule has 20 heavy (non-hydrogen) atoms. The van der Waals surface area contributed by atoms with Gasteiger partial charge >= 0.3 is 0 Å². The molecule has 0 fully saturated rings. The molecule has 2 heterocycles. The topological polar surface area (TPSA) is 66.5 Å². The summed E-state index contributed by atoms with van der Waals surface area (Å²) in [5.74, 6) is 0. The largest absolute Gasteiger partial charge is 0.313 e. The van der Waals surface area contributed by atoms with Crippen LogP contribution in [0.3, 0.4) is 0 Å². The van der Waals surface area contributed by atoms with Gasteiger partial charge in [0.15, 0.2) is 0 Å². The van der Waals surface area contributed by atoms with Gasteiger partial charge in [0.2, 0.25) is 0 Å². The molecule has 0 saturated heterocycles. The molecule has 0 aromatic carbocycles. The Labute approximate surface area is 119 Å². The van der Waals surface area contributed by atoms with Gasteiger partial charge in [-0.05, 0) is 26.5 Å². The highest BCUT2D eigenvalue weighted by Gasteiger charge is 2.12. The van der Waals surface area contributed by atoms with Crippen LogP contribution in [0.1, 0.15) is 35.1 Å². The summed E-state index contributed by atoms with van der Waals surface area (Å²) in [6, 6.07) is 5.90. The highest BCUT2D eigenvalue weighted by atomic mass is 15.3. The van der Waals surface area contributed by atoms with Gasteiger partial charge in [0.05, 0.1) is 12.2 Å². The van der Waals surface area contributed by atoms with Gasteiger partial charge in [-0.3, -0.25) is 4.68 Å². The lowest BCUT2D eigenvalue weighted by molar-refractivity contribution is 0.652. The van der Waals surface area contributed by atoms with E-state index >= 15 is 0 Å². The van der Waals surface area contributed by atoms with Gasteiger partial charge in [-0.1, -0.05) is 13.0 Å². The van der Waals surface area contributed by atoms with Crippen LogP contribution in [0.25, 0.3) is 0 Å². The van der Waals surface area contributed by atoms with Gasteiger partial charge in [0.25, 0.3) is 0 Å². The fraction of sp³-hybridized carbons (Fsp3) is 0.400. The van der Waals surface area contributed by atoms with Crippen molar-refractivity contribution in [1.82, 2.24) is 20.1 Å². The van der Waals surface area contributed by atoms with E-state index in [0.29, 0.717) is 12.2 Å². The monoisotopic (exact) mass is 269 g/mol. The Kier molecular flexibility index (Phi) is 4.49. The third-order valence-electron chi connectivity index (χ3n) is 3.40. The van der Waals surface area contributed by atoms with Crippen molar-refractivity contribution >= 4 is 0 Å². The third kappa shape index (κ3) is 2.86. The number of hydrogen-bond acceptors (Lipinski definition) is 4. The molecule has 0 amide bonds. The second-order valence-corrected chi connectivity index (χ2v) is 4.71. The van der Waals surface area contributed by atoms with E-state index in [-0.39, 0.29) is 0 Å². The lowest BCUT2D eigenvalue weighted by Crippen LogP contribution is -2.13. The zero-order valence-electron chi connectivity index (χ0n) is 12.1. The van der Waals surface area contributed by atoms with Crippen LogP contribution < -0.4 is 5.32 Å². The van der Waals surface area contributed by atoms with E-state index in [0.717, 1.165) is 30.0 Å². The van der Waals surface area contributed by atoms with Crippen LogP contribution in [0.2, 0.25) is 0 Å². The minimum absolute atomic E-state index is 0.466. The van der Waals surface area contributed by atoms with E-state index in [1.54, 1.807) is 6.20 Å². The lowest BCUT2D eigenvalue weighted by Gasteiger charge is -2.07. The number of aryl methyl sites for hydroxylation is 1. The number of aromatic nitrogens is 3. The SMILES string of the molecule is CCNCc1c(C)nn(Cc2cccnc2C#N)c1C. The Morgan fingerprint density at radius 1 is 1.40 bits per heavy atom. The molecule has 5 heteroatoms. The van der Waals surface area contributed by atoms with Crippen LogP contribution in [-0.4, -0.2) is 21.3 Å². The van der Waals surface area contributed by atoms with E-state index in [1.165, 1.54) is 5.56 Å². The summed E-state index contributed by atoms with van der Waals surface area (Å²) >= 11 is 0. The van der Waals surface area contributed by atoms with Crippen molar-refractivity contribution in [2.24, 2.45) is 0 Å². The molecule has 5 nitrogen and oxygen atoms in total. The van der Waals surface area contributed by atoms with Gasteiger partial charge in [0.1, 0.15) is 11.8 Å². The maximum atomic E-state index is 9.09. The molecule has 2 aromatic heterocycles. The first-order valence-electron chi connectivity index (χ1n) is 6.75. The first-order valence-corrected chi connectivity index (χ1v) is 6.75. The van der Waals surface area contributed by atoms with Crippen molar-refractivity contribution < 1.29 is 0 Å². The fourth-order valence-corrected chi connectivity index (χ4v) is 2.22. The number of nitrogens with one attached hydrogen (secondary N) is 1. The van der Waals surface area contributed by atoms with Gasteiger partial charge in [-0.15, -0.1) is 0 Å². The molecule has 0 aliphatic rings. The third-order valence-corrected chi connectivity index (χ3v) is 3.40. The molecule has 2 aromatic rings. The molecule has 0 bridgehead atoms. The molecular formula is C15H19N5. The maximum Gasteiger partial charge on any atom is 0.145 e. The van der Waals surface area contributed by atoms with Crippen molar-refractivity contribution in [2.75, 3.05) is 6.54 Å². The predicted octanol–water partition coefficient (Wildman–Crippen LogP) is 1.92. The molecule has 104 valence electrons. The van der Waals surface area contributed by atoms with E-state index in [1.807, 2.05) is 23.7 Å². The van der Waals surface area contributed by atoms with Crippen molar-refractivity contribution in [2.45, 2.75) is 33.9 Å². The summed E-state index contributed by atoms with van der Waals surface area (Å²) in [4.78, 5) is 4.09. The molecule has 1 N–H and O–H groups in total. The summed E-state index contributed by atoms with van der Waals surface area (Å²) in [5, 5.41) is 17.0. The number of nitriles is 1. The first kappa shape index (κ1) is 14.2. The average molecular weight is 269 g/mol. The minimum Gasteiger partial charge on any atom is -0.313 e. The summed E-state index contributed by atoms with van der Waals surface area (Å²) in [5.41, 5.74) is 4.76. The maximum absolute atomic E-state index is 9.09. The standard InChI is InChI=1S/C15H19N5/c1-4-17-9-14-11(2)19-20(12(14)3)10-13-6-5-7-18-15(13)8-16/h5-7,17H,4,9-10H2,1-3H3. The number of nitrogens with zero attached hydrogens (tertiary/aromatic N) is 4. The van der Waals surface area contributed by atoms with Crippen LogP contribution in [0, 0.1) is 25.2 Å². The average Bonchev–Trinajstić information content (AvgIpc) is 2.72. The molecule has 0 aliphatic heterocycles. The van der Waals surface area contributed by atoms with Gasteiger partial charge < -0.3 is 5.32 Å². The van der Waals surface area contributed by atoms with E-state index in [4.69, 9.17) is 5.26 Å². The zero-order chi connectivity index (χ0) is 14.5. The van der Waals surface area contributed by atoms with Crippen molar-refractivity contribution in [3.05, 3.63) is 46.5 Å². The summed E-state index contributed by atoms with van der Waals surface area (Å²) < 4.78 is 1.94. The van der Waals surface area contributed by atoms with Crippen molar-refractivity contribution in [3.63, 3.8) is 0 Å². The smallest absolute Gasteiger partial charge is 0.145 e. The van der Waals surface area contributed by atoms with Crippen LogP contribution in [0.5, 0.6) is 0 Å². The molecule has 0 atom stereocenters. The lowest BCUT2D eigenvalue weighted by atomic mass is 10.2. The van der Waals surface area contributed by atoms with E-state index in [9.17, 15) is 0 Å². The fourth-order valence-electron chi connectivity index (χ4n) is 2.22. The van der Waals surface area contributed by atoms with Crippen LogP contribution >= 0.6 is 0 Å². The Morgan fingerprint density at radius 2 is 2.20 bits per heavy atom. The quantitative estimate of drug-likeness (QED) is 0.900. The van der Waals surface area contributed by atoms with Gasteiger partial charge in [-0.2, -0.15) is 10.4 Å². The molecule has 0 spiro atoms. The van der Waals surface area contributed by atoms with Crippen LogP contribution in [-0.2, 0) is 13.1 Å². The second kappa shape index (κ2) is 6.31. The molecule has 0 saturated carbocycles. The second-order valence-electron chi connectivity index (χ2n) is 4.71. The number of rotatable bonds is 5. The van der Waals surface area contributed by atoms with Gasteiger partial charge in [-0.25, -0.2) is 4.98 Å². The van der Waals surface area contributed by atoms with Crippen molar-refractivity contribution in [3.8, 4) is 6.07 Å².